The largest absolute Gasteiger partial charge is 0.295 e. The number of carbonyl (C=O) groups excluding carboxylic acids is 4. The third-order valence-corrected chi connectivity index (χ3v) is 3.35. The number of hydrogen-bond acceptors (Lipinski definition) is 4. The Bertz CT molecular complexity index is 588. The monoisotopic (exact) mass is 261 g/mol. The lowest BCUT2D eigenvalue weighted by molar-refractivity contribution is -0.136. The molecule has 4 amide bonds. The highest BCUT2D eigenvalue weighted by Crippen LogP contribution is 2.26. The highest BCUT2D eigenvalue weighted by molar-refractivity contribution is 6.23. The van der Waals surface area contributed by atoms with E-state index in [9.17, 15) is 19.2 Å². The van der Waals surface area contributed by atoms with Crippen LogP contribution in [0.3, 0.4) is 0 Å². The molecule has 1 aromatic rings. The van der Waals surface area contributed by atoms with E-state index in [1.807, 2.05) is 0 Å². The van der Waals surface area contributed by atoms with Crippen molar-refractivity contribution in [2.24, 2.45) is 0 Å². The van der Waals surface area contributed by atoms with Gasteiger partial charge in [-0.15, -0.1) is 0 Å². The fourth-order valence-corrected chi connectivity index (χ4v) is 2.42. The minimum absolute atomic E-state index is 0.129. The second kappa shape index (κ2) is 4.01. The summed E-state index contributed by atoms with van der Waals surface area (Å²) in [6, 6.07) is 5.55. The van der Waals surface area contributed by atoms with E-state index >= 15 is 0 Å². The first-order valence-corrected chi connectivity index (χ1v) is 5.90. The number of benzene rings is 1. The molecular weight excluding hydrogens is 251 g/mol. The van der Waals surface area contributed by atoms with Crippen LogP contribution in [0.5, 0.6) is 0 Å². The SMILES string of the molecule is O=C1N[13C](=O)C[13CH2][13CH]1N1C(=O)c2ccccc2C1=O. The van der Waals surface area contributed by atoms with E-state index in [0.29, 0.717) is 11.1 Å². The van der Waals surface area contributed by atoms with Crippen molar-refractivity contribution in [1.82, 2.24) is 10.2 Å². The number of nitrogens with zero attached hydrogens (tertiary/aromatic N) is 1. The van der Waals surface area contributed by atoms with Gasteiger partial charge in [0.05, 0.1) is 11.1 Å². The number of piperidine rings is 1. The van der Waals surface area contributed by atoms with Crippen LogP contribution >= 0.6 is 0 Å². The maximum Gasteiger partial charge on any atom is 0.262 e. The lowest BCUT2D eigenvalue weighted by atomic mass is 10.1. The fraction of sp³-hybridized carbons (Fsp3) is 0.231. The molecule has 0 bridgehead atoms. The third-order valence-electron chi connectivity index (χ3n) is 3.35. The summed E-state index contributed by atoms with van der Waals surface area (Å²) in [6.07, 6.45) is 0.306. The minimum Gasteiger partial charge on any atom is -0.295 e. The van der Waals surface area contributed by atoms with Gasteiger partial charge >= 0.3 is 0 Å². The van der Waals surface area contributed by atoms with Crippen molar-refractivity contribution in [2.45, 2.75) is 18.9 Å². The average Bonchev–Trinajstić information content (AvgIpc) is 2.64. The van der Waals surface area contributed by atoms with E-state index < -0.39 is 23.8 Å². The van der Waals surface area contributed by atoms with Crippen molar-refractivity contribution in [3.05, 3.63) is 35.4 Å². The van der Waals surface area contributed by atoms with Crippen molar-refractivity contribution in [1.29, 1.82) is 0 Å². The van der Waals surface area contributed by atoms with Gasteiger partial charge < -0.3 is 0 Å². The van der Waals surface area contributed by atoms with Crippen molar-refractivity contribution >= 4 is 23.6 Å². The maximum absolute atomic E-state index is 12.2. The zero-order valence-corrected chi connectivity index (χ0v) is 9.88. The van der Waals surface area contributed by atoms with E-state index in [2.05, 4.69) is 5.32 Å². The van der Waals surface area contributed by atoms with Crippen molar-refractivity contribution in [3.63, 3.8) is 0 Å². The molecule has 2 aliphatic heterocycles. The smallest absolute Gasteiger partial charge is 0.262 e. The molecule has 2 heterocycles. The molecule has 0 aliphatic carbocycles. The Morgan fingerprint density at radius 3 is 2.11 bits per heavy atom. The van der Waals surface area contributed by atoms with Crippen LogP contribution in [-0.2, 0) is 9.59 Å². The first-order valence-electron chi connectivity index (χ1n) is 5.90. The van der Waals surface area contributed by atoms with Gasteiger partial charge in [-0.1, -0.05) is 12.1 Å². The molecule has 1 N–H and O–H groups in total. The Morgan fingerprint density at radius 1 is 1.00 bits per heavy atom. The molecule has 1 unspecified atom stereocenters. The summed E-state index contributed by atoms with van der Waals surface area (Å²) in [5.74, 6) is -1.92. The number of carbonyl (C=O) groups is 4. The Hall–Kier alpha value is -2.50. The number of hydrogen-bond donors (Lipinski definition) is 1. The standard InChI is InChI=1S/C13H10N2O4/c16-10-6-5-9(11(17)14-10)15-12(18)7-3-1-2-4-8(7)13(15)19/h1-4,9H,5-6H2,(H,14,16,17)/i5+1,9+1,10+1. The number of imide groups is 2. The summed E-state index contributed by atoms with van der Waals surface area (Å²) in [4.78, 5) is 48.1. The first-order chi connectivity index (χ1) is 9.09. The molecule has 0 saturated carbocycles. The van der Waals surface area contributed by atoms with Gasteiger partial charge in [0, 0.05) is 6.42 Å². The number of nitrogens with one attached hydrogen (secondary N) is 1. The molecule has 3 rings (SSSR count). The molecule has 6 heteroatoms. The highest BCUT2D eigenvalue weighted by atomic mass is 16.2. The second-order valence-corrected chi connectivity index (χ2v) is 4.49. The van der Waals surface area contributed by atoms with E-state index in [1.54, 1.807) is 24.3 Å². The van der Waals surface area contributed by atoms with E-state index in [-0.39, 0.29) is 18.7 Å². The Morgan fingerprint density at radius 2 is 1.58 bits per heavy atom. The quantitative estimate of drug-likeness (QED) is 0.573. The van der Waals surface area contributed by atoms with E-state index in [0.717, 1.165) is 4.90 Å². The van der Waals surface area contributed by atoms with Gasteiger partial charge in [0.15, 0.2) is 0 Å². The molecular formula is C13H10N2O4. The summed E-state index contributed by atoms with van der Waals surface area (Å²) in [7, 11) is 0. The lowest BCUT2D eigenvalue weighted by Gasteiger charge is -2.27. The average molecular weight is 261 g/mol. The van der Waals surface area contributed by atoms with Crippen LogP contribution in [0, 0.1) is 0 Å². The molecule has 1 atom stereocenters. The van der Waals surface area contributed by atoms with Crippen LogP contribution < -0.4 is 5.32 Å². The van der Waals surface area contributed by atoms with Crippen LogP contribution in [0.15, 0.2) is 24.3 Å². The van der Waals surface area contributed by atoms with Crippen molar-refractivity contribution < 1.29 is 19.2 Å². The molecule has 96 valence electrons. The molecule has 1 saturated heterocycles. The maximum atomic E-state index is 12.2. The van der Waals surface area contributed by atoms with Crippen LogP contribution in [0.25, 0.3) is 0 Å². The predicted molar refractivity (Wildman–Crippen MR) is 63.1 cm³/mol. The van der Waals surface area contributed by atoms with Gasteiger partial charge in [-0.25, -0.2) is 0 Å². The summed E-state index contributed by atoms with van der Waals surface area (Å²) in [5, 5.41) is 2.15. The van der Waals surface area contributed by atoms with Crippen molar-refractivity contribution in [3.8, 4) is 0 Å². The van der Waals surface area contributed by atoms with Gasteiger partial charge in [0.25, 0.3) is 11.8 Å². The van der Waals surface area contributed by atoms with Crippen LogP contribution in [0.2, 0.25) is 0 Å². The topological polar surface area (TPSA) is 83.6 Å². The third kappa shape index (κ3) is 1.64. The second-order valence-electron chi connectivity index (χ2n) is 4.49. The summed E-state index contributed by atoms with van der Waals surface area (Å²) in [5.41, 5.74) is 0.606. The predicted octanol–water partition coefficient (Wildman–Crippen LogP) is 0.0878. The number of amides is 4. The number of fused-ring (bicyclic) bond motifs is 1. The Labute approximate surface area is 108 Å². The Kier molecular flexibility index (Phi) is 2.45. The number of rotatable bonds is 1. The van der Waals surface area contributed by atoms with Crippen LogP contribution in [0.4, 0.5) is 0 Å². The molecule has 0 aromatic heterocycles. The highest BCUT2D eigenvalue weighted by Gasteiger charge is 2.44. The van der Waals surface area contributed by atoms with Crippen molar-refractivity contribution in [2.75, 3.05) is 0 Å². The molecule has 0 radical (unpaired) electrons. The molecule has 6 nitrogen and oxygen atoms in total. The van der Waals surface area contributed by atoms with E-state index in [4.69, 9.17) is 0 Å². The normalized spacial score (nSPS) is 22.5. The summed E-state index contributed by atoms with van der Waals surface area (Å²) in [6.45, 7) is 0. The minimum atomic E-state index is -0.898. The van der Waals surface area contributed by atoms with Gasteiger partial charge in [0.1, 0.15) is 6.04 Å². The molecule has 2 aliphatic rings. The lowest BCUT2D eigenvalue weighted by Crippen LogP contribution is -2.54. The van der Waals surface area contributed by atoms with Crippen LogP contribution in [0.1, 0.15) is 33.6 Å². The molecule has 1 aromatic carbocycles. The van der Waals surface area contributed by atoms with E-state index in [1.165, 1.54) is 0 Å². The molecule has 0 spiro atoms. The van der Waals surface area contributed by atoms with Crippen LogP contribution in [-0.4, -0.2) is 34.6 Å². The zero-order chi connectivity index (χ0) is 13.6. The molecule has 19 heavy (non-hydrogen) atoms. The molecule has 1 fully saturated rings. The zero-order valence-electron chi connectivity index (χ0n) is 9.88. The summed E-state index contributed by atoms with van der Waals surface area (Å²) < 4.78 is 0. The Balaban J connectivity index is 1.96. The van der Waals surface area contributed by atoms with Gasteiger partial charge in [-0.05, 0) is 18.6 Å². The van der Waals surface area contributed by atoms with Gasteiger partial charge in [0.2, 0.25) is 11.8 Å². The fourth-order valence-electron chi connectivity index (χ4n) is 2.42. The first kappa shape index (κ1) is 11.6. The van der Waals surface area contributed by atoms with Gasteiger partial charge in [-0.2, -0.15) is 0 Å². The van der Waals surface area contributed by atoms with Gasteiger partial charge in [-0.3, -0.25) is 29.4 Å². The summed E-state index contributed by atoms with van der Waals surface area (Å²) >= 11 is 0.